The van der Waals surface area contributed by atoms with Crippen molar-refractivity contribution in [3.63, 3.8) is 0 Å². The number of hydrogen-bond acceptors (Lipinski definition) is 5. The summed E-state index contributed by atoms with van der Waals surface area (Å²) in [6.07, 6.45) is 5.77. The Morgan fingerprint density at radius 1 is 1.36 bits per heavy atom. The molecule has 25 heavy (non-hydrogen) atoms. The van der Waals surface area contributed by atoms with E-state index in [1.807, 2.05) is 17.3 Å². The number of piperidine rings is 1. The second-order valence-corrected chi connectivity index (χ2v) is 6.26. The van der Waals surface area contributed by atoms with Gasteiger partial charge in [0, 0.05) is 52.2 Å². The second kappa shape index (κ2) is 8.31. The summed E-state index contributed by atoms with van der Waals surface area (Å²) in [6.45, 7) is 3.19. The van der Waals surface area contributed by atoms with E-state index >= 15 is 0 Å². The fourth-order valence-electron chi connectivity index (χ4n) is 3.30. The van der Waals surface area contributed by atoms with Gasteiger partial charge in [-0.15, -0.1) is 0 Å². The first kappa shape index (κ1) is 17.7. The molecule has 0 saturated carbocycles. The van der Waals surface area contributed by atoms with Gasteiger partial charge in [-0.2, -0.15) is 0 Å². The largest absolute Gasteiger partial charge is 0.453 e. The molecule has 3 rings (SSSR count). The van der Waals surface area contributed by atoms with Crippen molar-refractivity contribution in [3.8, 4) is 0 Å². The summed E-state index contributed by atoms with van der Waals surface area (Å²) < 4.78 is 17.9. The van der Waals surface area contributed by atoms with Crippen molar-refractivity contribution in [2.45, 2.75) is 31.9 Å². The Bertz CT molecular complexity index is 694. The minimum absolute atomic E-state index is 0.0675. The molecule has 1 amide bonds. The maximum atomic E-state index is 12.7. The number of hydrogen-bond donors (Lipinski definition) is 0. The molecule has 1 saturated heterocycles. The van der Waals surface area contributed by atoms with Gasteiger partial charge in [0.05, 0.1) is 6.61 Å². The predicted molar refractivity (Wildman–Crippen MR) is 91.4 cm³/mol. The standard InChI is InChI=1S/C18H25N3O4/c1-23-11-10-20-9-7-19-17(20)14-4-3-8-21(12-14)18(22)16-6-5-15(25-16)13-24-2/h5-7,9,14H,3-4,8,10-13H2,1-2H3. The van der Waals surface area contributed by atoms with E-state index in [1.54, 1.807) is 26.4 Å². The molecule has 2 aromatic rings. The number of likely N-dealkylation sites (tertiary alicyclic amines) is 1. The first-order valence-corrected chi connectivity index (χ1v) is 8.59. The molecule has 1 atom stereocenters. The number of methoxy groups -OCH3 is 2. The lowest BCUT2D eigenvalue weighted by atomic mass is 9.97. The Morgan fingerprint density at radius 2 is 2.24 bits per heavy atom. The number of amides is 1. The number of imidazole rings is 1. The zero-order valence-corrected chi connectivity index (χ0v) is 14.8. The number of rotatable bonds is 7. The first-order valence-electron chi connectivity index (χ1n) is 8.59. The molecule has 0 spiro atoms. The Morgan fingerprint density at radius 3 is 3.04 bits per heavy atom. The molecule has 1 fully saturated rings. The molecule has 1 unspecified atom stereocenters. The normalized spacial score (nSPS) is 17.8. The molecular weight excluding hydrogens is 322 g/mol. The third-order valence-electron chi connectivity index (χ3n) is 4.52. The number of ether oxygens (including phenoxy) is 2. The molecule has 136 valence electrons. The van der Waals surface area contributed by atoms with E-state index in [-0.39, 0.29) is 11.8 Å². The van der Waals surface area contributed by atoms with Crippen LogP contribution in [0.1, 0.15) is 40.9 Å². The van der Waals surface area contributed by atoms with Gasteiger partial charge in [-0.25, -0.2) is 4.98 Å². The van der Waals surface area contributed by atoms with Crippen LogP contribution in [0.2, 0.25) is 0 Å². The van der Waals surface area contributed by atoms with Crippen LogP contribution in [0.25, 0.3) is 0 Å². The van der Waals surface area contributed by atoms with E-state index in [2.05, 4.69) is 9.55 Å². The molecule has 0 radical (unpaired) electrons. The number of nitrogens with zero attached hydrogens (tertiary/aromatic N) is 3. The van der Waals surface area contributed by atoms with E-state index in [9.17, 15) is 4.79 Å². The van der Waals surface area contributed by atoms with Crippen molar-refractivity contribution in [1.82, 2.24) is 14.5 Å². The van der Waals surface area contributed by atoms with Crippen LogP contribution in [0.5, 0.6) is 0 Å². The molecule has 0 N–H and O–H groups in total. The smallest absolute Gasteiger partial charge is 0.289 e. The lowest BCUT2D eigenvalue weighted by molar-refractivity contribution is 0.0663. The monoisotopic (exact) mass is 347 g/mol. The van der Waals surface area contributed by atoms with Crippen molar-refractivity contribution in [1.29, 1.82) is 0 Å². The molecule has 7 heteroatoms. The van der Waals surface area contributed by atoms with E-state index in [1.165, 1.54) is 0 Å². The molecule has 1 aliphatic rings. The average Bonchev–Trinajstić information content (AvgIpc) is 3.29. The highest BCUT2D eigenvalue weighted by Crippen LogP contribution is 2.27. The number of carbonyl (C=O) groups excluding carboxylic acids is 1. The summed E-state index contributed by atoms with van der Waals surface area (Å²) >= 11 is 0. The van der Waals surface area contributed by atoms with Crippen LogP contribution >= 0.6 is 0 Å². The third-order valence-corrected chi connectivity index (χ3v) is 4.52. The van der Waals surface area contributed by atoms with Crippen LogP contribution in [0, 0.1) is 0 Å². The second-order valence-electron chi connectivity index (χ2n) is 6.26. The highest BCUT2D eigenvalue weighted by Gasteiger charge is 2.29. The predicted octanol–water partition coefficient (Wildman–Crippen LogP) is 2.29. The van der Waals surface area contributed by atoms with Crippen molar-refractivity contribution < 1.29 is 18.7 Å². The summed E-state index contributed by atoms with van der Waals surface area (Å²) in [6, 6.07) is 3.51. The van der Waals surface area contributed by atoms with E-state index in [0.29, 0.717) is 31.3 Å². The van der Waals surface area contributed by atoms with Gasteiger partial charge < -0.3 is 23.4 Å². The van der Waals surface area contributed by atoms with Crippen LogP contribution in [0.15, 0.2) is 28.9 Å². The van der Waals surface area contributed by atoms with Crippen LogP contribution < -0.4 is 0 Å². The fourth-order valence-corrected chi connectivity index (χ4v) is 3.30. The van der Waals surface area contributed by atoms with Crippen molar-refractivity contribution in [3.05, 3.63) is 41.9 Å². The van der Waals surface area contributed by atoms with Gasteiger partial charge in [0.15, 0.2) is 5.76 Å². The number of carbonyl (C=O) groups is 1. The summed E-state index contributed by atoms with van der Waals surface area (Å²) in [7, 11) is 3.30. The first-order chi connectivity index (χ1) is 12.2. The van der Waals surface area contributed by atoms with Gasteiger partial charge in [0.2, 0.25) is 0 Å². The molecule has 0 aromatic carbocycles. The Balaban J connectivity index is 1.68. The molecule has 7 nitrogen and oxygen atoms in total. The Hall–Kier alpha value is -2.12. The molecule has 2 aromatic heterocycles. The maximum Gasteiger partial charge on any atom is 0.289 e. The van der Waals surface area contributed by atoms with E-state index in [0.717, 1.165) is 31.8 Å². The summed E-state index contributed by atoms with van der Waals surface area (Å²) in [5.41, 5.74) is 0. The van der Waals surface area contributed by atoms with Crippen LogP contribution in [-0.4, -0.2) is 54.3 Å². The van der Waals surface area contributed by atoms with Crippen LogP contribution in [0.3, 0.4) is 0 Å². The summed E-state index contributed by atoms with van der Waals surface area (Å²) in [4.78, 5) is 19.1. The average molecular weight is 347 g/mol. The van der Waals surface area contributed by atoms with Crippen molar-refractivity contribution in [2.24, 2.45) is 0 Å². The van der Waals surface area contributed by atoms with Crippen LogP contribution in [-0.2, 0) is 22.6 Å². The zero-order chi connectivity index (χ0) is 17.6. The van der Waals surface area contributed by atoms with Gasteiger partial charge in [0.1, 0.15) is 18.2 Å². The van der Waals surface area contributed by atoms with E-state index < -0.39 is 0 Å². The minimum Gasteiger partial charge on any atom is -0.453 e. The van der Waals surface area contributed by atoms with E-state index in [4.69, 9.17) is 13.9 Å². The Labute approximate surface area is 147 Å². The van der Waals surface area contributed by atoms with Crippen molar-refractivity contribution in [2.75, 3.05) is 33.9 Å². The summed E-state index contributed by atoms with van der Waals surface area (Å²) in [5, 5.41) is 0. The minimum atomic E-state index is -0.0675. The fraction of sp³-hybridized carbons (Fsp3) is 0.556. The maximum absolute atomic E-state index is 12.7. The molecule has 0 bridgehead atoms. The Kier molecular flexibility index (Phi) is 5.88. The molecular formula is C18H25N3O4. The van der Waals surface area contributed by atoms with Crippen molar-refractivity contribution >= 4 is 5.91 Å². The zero-order valence-electron chi connectivity index (χ0n) is 14.8. The van der Waals surface area contributed by atoms with Gasteiger partial charge in [-0.3, -0.25) is 4.79 Å². The van der Waals surface area contributed by atoms with Gasteiger partial charge in [-0.05, 0) is 25.0 Å². The highest BCUT2D eigenvalue weighted by atomic mass is 16.5. The lowest BCUT2D eigenvalue weighted by Crippen LogP contribution is -2.39. The molecule has 3 heterocycles. The summed E-state index contributed by atoms with van der Waals surface area (Å²) in [5.74, 6) is 2.22. The lowest BCUT2D eigenvalue weighted by Gasteiger charge is -2.32. The van der Waals surface area contributed by atoms with Gasteiger partial charge in [0.25, 0.3) is 5.91 Å². The molecule has 1 aliphatic heterocycles. The quantitative estimate of drug-likeness (QED) is 0.768. The van der Waals surface area contributed by atoms with Crippen LogP contribution in [0.4, 0.5) is 0 Å². The topological polar surface area (TPSA) is 69.7 Å². The molecule has 0 aliphatic carbocycles. The number of aromatic nitrogens is 2. The highest BCUT2D eigenvalue weighted by molar-refractivity contribution is 5.91. The van der Waals surface area contributed by atoms with Gasteiger partial charge >= 0.3 is 0 Å². The van der Waals surface area contributed by atoms with Gasteiger partial charge in [-0.1, -0.05) is 0 Å². The SMILES string of the molecule is COCCn1ccnc1C1CCCN(C(=O)c2ccc(COC)o2)C1. The third kappa shape index (κ3) is 4.11. The number of furan rings is 1.